The van der Waals surface area contributed by atoms with Gasteiger partial charge in [-0.2, -0.15) is 0 Å². The second kappa shape index (κ2) is 7.92. The molecule has 0 bridgehead atoms. The highest BCUT2D eigenvalue weighted by molar-refractivity contribution is 7.12. The molecule has 1 aromatic heterocycles. The molecule has 2 heterocycles. The van der Waals surface area contributed by atoms with Crippen molar-refractivity contribution in [3.8, 4) is 5.75 Å². The smallest absolute Gasteiger partial charge is 0.169 e. The number of ketones is 1. The molecule has 24 heavy (non-hydrogen) atoms. The highest BCUT2D eigenvalue weighted by Crippen LogP contribution is 2.20. The molecule has 1 aliphatic heterocycles. The second-order valence-electron chi connectivity index (χ2n) is 6.16. The molecule has 1 aromatic carbocycles. The first kappa shape index (κ1) is 17.1. The lowest BCUT2D eigenvalue weighted by Gasteiger charge is -2.32. The Bertz CT molecular complexity index is 680. The molecule has 0 radical (unpaired) electrons. The second-order valence-corrected chi connectivity index (χ2v) is 7.07. The summed E-state index contributed by atoms with van der Waals surface area (Å²) in [5, 5.41) is 2.09. The molecule has 0 amide bonds. The Balaban J connectivity index is 1.56. The molecular formula is C19H23NO3S. The molecule has 1 fully saturated rings. The van der Waals surface area contributed by atoms with Gasteiger partial charge in [0.2, 0.25) is 0 Å². The number of benzene rings is 1. The van der Waals surface area contributed by atoms with Crippen LogP contribution in [0.4, 0.5) is 0 Å². The van der Waals surface area contributed by atoms with Crippen LogP contribution in [0.25, 0.3) is 0 Å². The standard InChI is InChI=1S/C19H23NO3S/c1-14(21)19-10-16(13-24-19)11-20-7-8-23-18(12-20)9-15-3-5-17(22-2)6-4-15/h3-6,10,13,18H,7-9,11-12H2,1-2H3/t18-/m1/s1. The van der Waals surface area contributed by atoms with Gasteiger partial charge in [0.15, 0.2) is 5.78 Å². The highest BCUT2D eigenvalue weighted by Gasteiger charge is 2.21. The van der Waals surface area contributed by atoms with Crippen molar-refractivity contribution in [2.24, 2.45) is 0 Å². The van der Waals surface area contributed by atoms with E-state index in [1.54, 1.807) is 14.0 Å². The van der Waals surface area contributed by atoms with Crippen LogP contribution >= 0.6 is 11.3 Å². The molecule has 0 N–H and O–H groups in total. The minimum atomic E-state index is 0.144. The molecule has 5 heteroatoms. The van der Waals surface area contributed by atoms with Crippen LogP contribution in [0.2, 0.25) is 0 Å². The number of methoxy groups -OCH3 is 1. The summed E-state index contributed by atoms with van der Waals surface area (Å²) in [6.07, 6.45) is 1.11. The van der Waals surface area contributed by atoms with Gasteiger partial charge in [-0.1, -0.05) is 12.1 Å². The lowest BCUT2D eigenvalue weighted by molar-refractivity contribution is -0.0304. The van der Waals surface area contributed by atoms with Crippen molar-refractivity contribution in [1.29, 1.82) is 0 Å². The summed E-state index contributed by atoms with van der Waals surface area (Å²) in [7, 11) is 1.68. The summed E-state index contributed by atoms with van der Waals surface area (Å²) in [6, 6.07) is 10.2. The van der Waals surface area contributed by atoms with Gasteiger partial charge in [0.1, 0.15) is 5.75 Å². The summed E-state index contributed by atoms with van der Waals surface area (Å²) in [6.45, 7) is 5.10. The fourth-order valence-electron chi connectivity index (χ4n) is 2.97. The molecule has 0 spiro atoms. The normalized spacial score (nSPS) is 18.5. The van der Waals surface area contributed by atoms with E-state index < -0.39 is 0 Å². The van der Waals surface area contributed by atoms with Crippen molar-refractivity contribution in [2.45, 2.75) is 26.0 Å². The van der Waals surface area contributed by atoms with Crippen LogP contribution in [0.1, 0.15) is 27.7 Å². The third kappa shape index (κ3) is 4.44. The molecule has 128 valence electrons. The summed E-state index contributed by atoms with van der Waals surface area (Å²) in [5.74, 6) is 1.02. The summed E-state index contributed by atoms with van der Waals surface area (Å²) in [5.41, 5.74) is 2.48. The van der Waals surface area contributed by atoms with Crippen molar-refractivity contribution in [3.05, 3.63) is 51.7 Å². The Morgan fingerprint density at radius 2 is 2.12 bits per heavy atom. The Morgan fingerprint density at radius 3 is 2.79 bits per heavy atom. The fourth-order valence-corrected chi connectivity index (χ4v) is 3.78. The quantitative estimate of drug-likeness (QED) is 0.752. The van der Waals surface area contributed by atoms with Gasteiger partial charge >= 0.3 is 0 Å². The number of carbonyl (C=O) groups is 1. The number of nitrogens with zero attached hydrogens (tertiary/aromatic N) is 1. The zero-order valence-electron chi connectivity index (χ0n) is 14.2. The Labute approximate surface area is 147 Å². The van der Waals surface area contributed by atoms with Crippen molar-refractivity contribution in [3.63, 3.8) is 0 Å². The topological polar surface area (TPSA) is 38.8 Å². The van der Waals surface area contributed by atoms with E-state index in [0.717, 1.165) is 43.3 Å². The first-order valence-electron chi connectivity index (χ1n) is 8.19. The molecular weight excluding hydrogens is 322 g/mol. The molecule has 1 saturated heterocycles. The predicted octanol–water partition coefficient (Wildman–Crippen LogP) is 3.40. The van der Waals surface area contributed by atoms with E-state index in [-0.39, 0.29) is 11.9 Å². The van der Waals surface area contributed by atoms with Gasteiger partial charge in [0.25, 0.3) is 0 Å². The van der Waals surface area contributed by atoms with Gasteiger partial charge in [-0.25, -0.2) is 0 Å². The molecule has 0 unspecified atom stereocenters. The van der Waals surface area contributed by atoms with Gasteiger partial charge in [0, 0.05) is 19.6 Å². The monoisotopic (exact) mass is 345 g/mol. The average Bonchev–Trinajstić information content (AvgIpc) is 3.05. The van der Waals surface area contributed by atoms with E-state index in [2.05, 4.69) is 22.4 Å². The Kier molecular flexibility index (Phi) is 5.66. The third-order valence-electron chi connectivity index (χ3n) is 4.25. The lowest BCUT2D eigenvalue weighted by Crippen LogP contribution is -2.42. The van der Waals surface area contributed by atoms with Crippen molar-refractivity contribution < 1.29 is 14.3 Å². The molecule has 2 aromatic rings. The van der Waals surface area contributed by atoms with Crippen LogP contribution in [0.15, 0.2) is 35.7 Å². The zero-order valence-corrected chi connectivity index (χ0v) is 15.0. The number of morpholine rings is 1. The number of carbonyl (C=O) groups excluding carboxylic acids is 1. The van der Waals surface area contributed by atoms with Crippen LogP contribution < -0.4 is 4.74 Å². The Morgan fingerprint density at radius 1 is 1.33 bits per heavy atom. The maximum atomic E-state index is 11.4. The van der Waals surface area contributed by atoms with E-state index in [9.17, 15) is 4.79 Å². The van der Waals surface area contributed by atoms with Crippen LogP contribution in [0.5, 0.6) is 5.75 Å². The number of thiophene rings is 1. The molecule has 0 saturated carbocycles. The number of rotatable bonds is 6. The van der Waals surface area contributed by atoms with Gasteiger partial charge in [-0.05, 0) is 48.1 Å². The van der Waals surface area contributed by atoms with Gasteiger partial charge in [-0.3, -0.25) is 9.69 Å². The van der Waals surface area contributed by atoms with Gasteiger partial charge in [0.05, 0.1) is 24.7 Å². The van der Waals surface area contributed by atoms with Crippen LogP contribution in [0, 0.1) is 0 Å². The average molecular weight is 345 g/mol. The number of hydrogen-bond acceptors (Lipinski definition) is 5. The van der Waals surface area contributed by atoms with Crippen molar-refractivity contribution >= 4 is 17.1 Å². The minimum absolute atomic E-state index is 0.144. The number of ether oxygens (including phenoxy) is 2. The lowest BCUT2D eigenvalue weighted by atomic mass is 10.1. The maximum absolute atomic E-state index is 11.4. The van der Waals surface area contributed by atoms with E-state index >= 15 is 0 Å². The zero-order chi connectivity index (χ0) is 16.9. The van der Waals surface area contributed by atoms with Crippen LogP contribution in [-0.4, -0.2) is 43.6 Å². The predicted molar refractivity (Wildman–Crippen MR) is 96.0 cm³/mol. The third-order valence-corrected chi connectivity index (χ3v) is 5.33. The first-order valence-corrected chi connectivity index (χ1v) is 9.07. The van der Waals surface area contributed by atoms with Crippen molar-refractivity contribution in [1.82, 2.24) is 4.90 Å². The van der Waals surface area contributed by atoms with Gasteiger partial charge < -0.3 is 9.47 Å². The van der Waals surface area contributed by atoms with E-state index in [1.165, 1.54) is 22.5 Å². The van der Waals surface area contributed by atoms with Crippen molar-refractivity contribution in [2.75, 3.05) is 26.8 Å². The molecule has 3 rings (SSSR count). The molecule has 1 aliphatic rings. The van der Waals surface area contributed by atoms with E-state index in [0.29, 0.717) is 0 Å². The van der Waals surface area contributed by atoms with Crippen LogP contribution in [-0.2, 0) is 17.7 Å². The van der Waals surface area contributed by atoms with Crippen LogP contribution in [0.3, 0.4) is 0 Å². The highest BCUT2D eigenvalue weighted by atomic mass is 32.1. The maximum Gasteiger partial charge on any atom is 0.169 e. The largest absolute Gasteiger partial charge is 0.497 e. The number of Topliss-reactive ketones (excluding diaryl/α,β-unsaturated/α-hetero) is 1. The molecule has 4 nitrogen and oxygen atoms in total. The number of hydrogen-bond donors (Lipinski definition) is 0. The summed E-state index contributed by atoms with van der Waals surface area (Å²) >= 11 is 1.53. The fraction of sp³-hybridized carbons (Fsp3) is 0.421. The van der Waals surface area contributed by atoms with E-state index in [4.69, 9.17) is 9.47 Å². The molecule has 1 atom stereocenters. The van der Waals surface area contributed by atoms with Gasteiger partial charge in [-0.15, -0.1) is 11.3 Å². The Hall–Kier alpha value is -1.69. The summed E-state index contributed by atoms with van der Waals surface area (Å²) < 4.78 is 11.1. The molecule has 0 aliphatic carbocycles. The summed E-state index contributed by atoms with van der Waals surface area (Å²) in [4.78, 5) is 14.7. The van der Waals surface area contributed by atoms with E-state index in [1.807, 2.05) is 18.2 Å². The minimum Gasteiger partial charge on any atom is -0.497 e. The SMILES string of the molecule is COc1ccc(C[C@@H]2CN(Cc3csc(C(C)=O)c3)CCO2)cc1. The first-order chi connectivity index (χ1) is 11.6.